The van der Waals surface area contributed by atoms with Crippen molar-refractivity contribution in [1.29, 1.82) is 0 Å². The van der Waals surface area contributed by atoms with Crippen LogP contribution in [0.2, 0.25) is 0 Å². The molecule has 8 nitrogen and oxygen atoms in total. The van der Waals surface area contributed by atoms with E-state index < -0.39 is 24.5 Å². The van der Waals surface area contributed by atoms with Gasteiger partial charge in [-0.25, -0.2) is 9.18 Å². The van der Waals surface area contributed by atoms with Gasteiger partial charge in [0.05, 0.1) is 30.4 Å². The number of carbonyl (C=O) groups is 1. The standard InChI is InChI=1S/C28H32F4N6O2/c1-17(2)40-27(39)37-9-5-8-24(23-13-20-6-4-7-21(20)14-25(23)37)38(26-33-35-36(3)34-26)16-19-10-18(15-29)11-22(12-19)28(30,31)32/h10-14,17,24H,4-9,15-16H2,1-3H3/t24-/m1/s1. The van der Waals surface area contributed by atoms with Crippen LogP contribution < -0.4 is 9.80 Å². The first-order valence-corrected chi connectivity index (χ1v) is 13.4. The molecule has 40 heavy (non-hydrogen) atoms. The highest BCUT2D eigenvalue weighted by Gasteiger charge is 2.35. The number of hydrogen-bond acceptors (Lipinski definition) is 6. The van der Waals surface area contributed by atoms with Crippen molar-refractivity contribution in [3.63, 3.8) is 0 Å². The van der Waals surface area contributed by atoms with Crippen molar-refractivity contribution < 1.29 is 27.1 Å². The van der Waals surface area contributed by atoms with Gasteiger partial charge in [0.2, 0.25) is 0 Å². The molecule has 1 aliphatic carbocycles. The predicted octanol–water partition coefficient (Wildman–Crippen LogP) is 6.08. The lowest BCUT2D eigenvalue weighted by molar-refractivity contribution is -0.137. The molecule has 0 bridgehead atoms. The Morgan fingerprint density at radius 2 is 1.82 bits per heavy atom. The number of tetrazole rings is 1. The smallest absolute Gasteiger partial charge is 0.416 e. The van der Waals surface area contributed by atoms with Crippen LogP contribution in [0.4, 0.5) is 34.0 Å². The van der Waals surface area contributed by atoms with Gasteiger partial charge in [-0.3, -0.25) is 4.90 Å². The Labute approximate surface area is 229 Å². The number of aryl methyl sites for hydroxylation is 3. The molecule has 1 amide bonds. The molecule has 0 fully saturated rings. The summed E-state index contributed by atoms with van der Waals surface area (Å²) in [6.45, 7) is 2.98. The fourth-order valence-electron chi connectivity index (χ4n) is 5.63. The number of nitrogens with zero attached hydrogens (tertiary/aromatic N) is 6. The van der Waals surface area contributed by atoms with E-state index in [-0.39, 0.29) is 35.8 Å². The molecule has 0 N–H and O–H groups in total. The number of rotatable bonds is 6. The number of fused-ring (bicyclic) bond motifs is 2. The molecule has 1 aromatic heterocycles. The Morgan fingerprint density at radius 1 is 1.10 bits per heavy atom. The molecular weight excluding hydrogens is 528 g/mol. The minimum atomic E-state index is -4.62. The molecule has 1 atom stereocenters. The van der Waals surface area contributed by atoms with Crippen LogP contribution in [-0.4, -0.2) is 38.9 Å². The van der Waals surface area contributed by atoms with Crippen LogP contribution in [0.25, 0.3) is 0 Å². The molecule has 2 aromatic carbocycles. The molecular formula is C28H32F4N6O2. The van der Waals surface area contributed by atoms with E-state index in [4.69, 9.17) is 4.74 Å². The average Bonchev–Trinajstić information content (AvgIpc) is 3.49. The van der Waals surface area contributed by atoms with Crippen molar-refractivity contribution in [1.82, 2.24) is 20.2 Å². The van der Waals surface area contributed by atoms with E-state index in [1.165, 1.54) is 22.0 Å². The van der Waals surface area contributed by atoms with Crippen LogP contribution in [0.15, 0.2) is 30.3 Å². The maximum absolute atomic E-state index is 13.7. The summed E-state index contributed by atoms with van der Waals surface area (Å²) in [5, 5.41) is 12.5. The maximum atomic E-state index is 13.7. The first kappa shape index (κ1) is 27.9. The fourth-order valence-corrected chi connectivity index (χ4v) is 5.63. The van der Waals surface area contributed by atoms with Gasteiger partial charge in [0.1, 0.15) is 6.67 Å². The topological polar surface area (TPSA) is 76.4 Å². The Balaban J connectivity index is 1.62. The molecule has 1 aliphatic heterocycles. The van der Waals surface area contributed by atoms with Crippen LogP contribution in [0.1, 0.15) is 72.5 Å². The van der Waals surface area contributed by atoms with Gasteiger partial charge in [0.25, 0.3) is 5.95 Å². The van der Waals surface area contributed by atoms with Crippen LogP contribution in [0.5, 0.6) is 0 Å². The SMILES string of the molecule is CC(C)OC(=O)N1CCC[C@@H](N(Cc2cc(CF)cc(C(F)(F)F)c2)c2nnn(C)n2)c2cc3c(cc21)CCC3. The number of carbonyl (C=O) groups excluding carboxylic acids is 1. The van der Waals surface area contributed by atoms with E-state index in [1.54, 1.807) is 25.8 Å². The number of aromatic nitrogens is 4. The fraction of sp³-hybridized carbons (Fsp3) is 0.500. The van der Waals surface area contributed by atoms with Crippen molar-refractivity contribution in [3.05, 3.63) is 63.7 Å². The normalized spacial score (nSPS) is 17.0. The lowest BCUT2D eigenvalue weighted by Gasteiger charge is -2.32. The zero-order valence-corrected chi connectivity index (χ0v) is 22.7. The second kappa shape index (κ2) is 11.1. The number of amides is 1. The molecule has 2 heterocycles. The second-order valence-electron chi connectivity index (χ2n) is 10.7. The van der Waals surface area contributed by atoms with E-state index in [0.29, 0.717) is 19.4 Å². The summed E-state index contributed by atoms with van der Waals surface area (Å²) in [4.78, 5) is 17.9. The quantitative estimate of drug-likeness (QED) is 0.340. The van der Waals surface area contributed by atoms with Crippen LogP contribution in [0, 0.1) is 0 Å². The highest BCUT2D eigenvalue weighted by Crippen LogP contribution is 2.42. The summed E-state index contributed by atoms with van der Waals surface area (Å²) in [6.07, 6.45) is -1.36. The van der Waals surface area contributed by atoms with Crippen LogP contribution in [0.3, 0.4) is 0 Å². The van der Waals surface area contributed by atoms with Crippen molar-refractivity contribution in [2.45, 2.75) is 77.5 Å². The summed E-state index contributed by atoms with van der Waals surface area (Å²) in [5.41, 5.74) is 3.24. The average molecular weight is 561 g/mol. The number of benzene rings is 2. The minimum absolute atomic E-state index is 0.0136. The van der Waals surface area contributed by atoms with Crippen molar-refractivity contribution >= 4 is 17.7 Å². The highest BCUT2D eigenvalue weighted by molar-refractivity contribution is 5.89. The number of hydrogen-bond donors (Lipinski definition) is 0. The third-order valence-corrected chi connectivity index (χ3v) is 7.33. The second-order valence-corrected chi connectivity index (χ2v) is 10.7. The molecule has 3 aromatic rings. The summed E-state index contributed by atoms with van der Waals surface area (Å²) < 4.78 is 60.2. The molecule has 5 rings (SSSR count). The van der Waals surface area contributed by atoms with Crippen molar-refractivity contribution in [2.24, 2.45) is 7.05 Å². The van der Waals surface area contributed by atoms with Gasteiger partial charge in [-0.1, -0.05) is 17.2 Å². The van der Waals surface area contributed by atoms with Gasteiger partial charge in [-0.2, -0.15) is 18.0 Å². The molecule has 0 saturated carbocycles. The number of halogens is 4. The van der Waals surface area contributed by atoms with E-state index in [2.05, 4.69) is 21.5 Å². The maximum Gasteiger partial charge on any atom is 0.416 e. The molecule has 0 unspecified atom stereocenters. The van der Waals surface area contributed by atoms with Crippen molar-refractivity contribution in [2.75, 3.05) is 16.3 Å². The van der Waals surface area contributed by atoms with Gasteiger partial charge in [-0.15, -0.1) is 5.10 Å². The third-order valence-electron chi connectivity index (χ3n) is 7.33. The molecule has 2 aliphatic rings. The zero-order valence-electron chi connectivity index (χ0n) is 22.7. The molecule has 0 spiro atoms. The van der Waals surface area contributed by atoms with Gasteiger partial charge in [-0.05, 0) is 97.2 Å². The van der Waals surface area contributed by atoms with Crippen molar-refractivity contribution in [3.8, 4) is 0 Å². The first-order chi connectivity index (χ1) is 19.0. The Hall–Kier alpha value is -3.70. The molecule has 0 radical (unpaired) electrons. The van der Waals surface area contributed by atoms with Crippen LogP contribution >= 0.6 is 0 Å². The molecule has 0 saturated heterocycles. The Morgan fingerprint density at radius 3 is 2.48 bits per heavy atom. The van der Waals surface area contributed by atoms with Gasteiger partial charge >= 0.3 is 12.3 Å². The number of ether oxygens (including phenoxy) is 1. The number of alkyl halides is 4. The summed E-state index contributed by atoms with van der Waals surface area (Å²) in [6, 6.07) is 7.07. The van der Waals surface area contributed by atoms with E-state index in [9.17, 15) is 22.4 Å². The molecule has 214 valence electrons. The third kappa shape index (κ3) is 5.75. The van der Waals surface area contributed by atoms with Gasteiger partial charge < -0.3 is 9.64 Å². The Bertz CT molecular complexity index is 1390. The Kier molecular flexibility index (Phi) is 7.70. The van der Waals surface area contributed by atoms with Gasteiger partial charge in [0, 0.05) is 13.1 Å². The lowest BCUT2D eigenvalue weighted by atomic mass is 9.95. The lowest BCUT2D eigenvalue weighted by Crippen LogP contribution is -2.34. The highest BCUT2D eigenvalue weighted by atomic mass is 19.4. The largest absolute Gasteiger partial charge is 0.446 e. The van der Waals surface area contributed by atoms with E-state index in [0.717, 1.165) is 42.6 Å². The predicted molar refractivity (Wildman–Crippen MR) is 141 cm³/mol. The molecule has 12 heteroatoms. The minimum Gasteiger partial charge on any atom is -0.446 e. The monoisotopic (exact) mass is 560 g/mol. The summed E-state index contributed by atoms with van der Waals surface area (Å²) in [7, 11) is 1.61. The van der Waals surface area contributed by atoms with E-state index in [1.807, 2.05) is 11.0 Å². The summed E-state index contributed by atoms with van der Waals surface area (Å²) in [5.74, 6) is 0.233. The first-order valence-electron chi connectivity index (χ1n) is 13.4. The van der Waals surface area contributed by atoms with Gasteiger partial charge in [0.15, 0.2) is 0 Å². The zero-order chi connectivity index (χ0) is 28.6. The summed E-state index contributed by atoms with van der Waals surface area (Å²) >= 11 is 0. The van der Waals surface area contributed by atoms with Crippen LogP contribution in [-0.2, 0) is 44.0 Å². The number of anilines is 2. The van der Waals surface area contributed by atoms with E-state index >= 15 is 0 Å².